The molecule has 6 aromatic rings. The smallest absolute Gasteiger partial charge is 0.185 e. The number of hydrogen-bond acceptors (Lipinski definition) is 5. The van der Waals surface area contributed by atoms with Crippen molar-refractivity contribution in [3.8, 4) is 39.5 Å². The maximum atomic E-state index is 9.66. The molecule has 1 N–H and O–H groups in total. The van der Waals surface area contributed by atoms with Crippen LogP contribution >= 0.6 is 0 Å². The Kier molecular flexibility index (Phi) is 5.67. The maximum absolute atomic E-state index is 9.66. The molecule has 0 bridgehead atoms. The summed E-state index contributed by atoms with van der Waals surface area (Å²) in [5.41, 5.74) is 6.60. The quantitative estimate of drug-likeness (QED) is 0.331. The summed E-state index contributed by atoms with van der Waals surface area (Å²) in [6.45, 7) is 0.723. The van der Waals surface area contributed by atoms with Crippen molar-refractivity contribution >= 4 is 16.7 Å². The van der Waals surface area contributed by atoms with E-state index in [1.165, 1.54) is 0 Å². The topological polar surface area (TPSA) is 77.5 Å². The van der Waals surface area contributed by atoms with Gasteiger partial charge in [0, 0.05) is 18.7 Å². The number of hydrogen-bond donors (Lipinski definition) is 1. The van der Waals surface area contributed by atoms with Crippen LogP contribution < -0.4 is 4.74 Å². The Balaban J connectivity index is 1.73. The zero-order chi connectivity index (χ0) is 24.5. The second-order valence-corrected chi connectivity index (χ2v) is 8.53. The highest BCUT2D eigenvalue weighted by Gasteiger charge is 2.25. The average Bonchev–Trinajstić information content (AvgIpc) is 3.52. The second-order valence-electron chi connectivity index (χ2n) is 8.53. The van der Waals surface area contributed by atoms with E-state index < -0.39 is 0 Å². The van der Waals surface area contributed by atoms with Crippen LogP contribution in [-0.2, 0) is 6.54 Å². The third-order valence-corrected chi connectivity index (χ3v) is 6.38. The molecule has 0 radical (unpaired) electrons. The molecule has 3 heterocycles. The number of fused-ring (bicyclic) bond motifs is 3. The Hall–Kier alpha value is -4.49. The maximum Gasteiger partial charge on any atom is 0.185 e. The summed E-state index contributed by atoms with van der Waals surface area (Å²) in [5, 5.41) is 15.4. The third kappa shape index (κ3) is 3.61. The third-order valence-electron chi connectivity index (χ3n) is 6.38. The van der Waals surface area contributed by atoms with E-state index in [0.717, 1.165) is 44.6 Å². The van der Waals surface area contributed by atoms with Crippen LogP contribution in [0, 0.1) is 0 Å². The molecule has 0 aliphatic carbocycles. The number of methoxy groups -OCH3 is 1. The Morgan fingerprint density at radius 2 is 1.53 bits per heavy atom. The SMILES string of the molecule is COc1ccccc1-c1nc2c3c(-c4ccccc4)c(-c4ccccc4)n(CCCO)c3ncn2n1. The van der Waals surface area contributed by atoms with E-state index in [1.54, 1.807) is 18.0 Å². The van der Waals surface area contributed by atoms with E-state index in [9.17, 15) is 5.11 Å². The van der Waals surface area contributed by atoms with Gasteiger partial charge in [0.15, 0.2) is 11.5 Å². The molecule has 0 saturated heterocycles. The summed E-state index contributed by atoms with van der Waals surface area (Å²) in [7, 11) is 1.65. The van der Waals surface area contributed by atoms with Crippen LogP contribution in [0.15, 0.2) is 91.3 Å². The van der Waals surface area contributed by atoms with Gasteiger partial charge in [-0.1, -0.05) is 72.8 Å². The zero-order valence-electron chi connectivity index (χ0n) is 19.9. The fourth-order valence-corrected chi connectivity index (χ4v) is 4.81. The van der Waals surface area contributed by atoms with Crippen LogP contribution in [-0.4, -0.2) is 43.0 Å². The zero-order valence-corrected chi connectivity index (χ0v) is 19.9. The molecule has 0 amide bonds. The number of aliphatic hydroxyl groups excluding tert-OH is 1. The van der Waals surface area contributed by atoms with Crippen molar-refractivity contribution in [1.82, 2.24) is 24.1 Å². The van der Waals surface area contributed by atoms with Crippen molar-refractivity contribution < 1.29 is 9.84 Å². The van der Waals surface area contributed by atoms with Gasteiger partial charge in [-0.3, -0.25) is 0 Å². The van der Waals surface area contributed by atoms with Gasteiger partial charge >= 0.3 is 0 Å². The molecular formula is C29H25N5O2. The minimum absolute atomic E-state index is 0.0969. The van der Waals surface area contributed by atoms with E-state index in [1.807, 2.05) is 60.7 Å². The first-order chi connectivity index (χ1) is 17.8. The highest BCUT2D eigenvalue weighted by molar-refractivity contribution is 6.09. The standard InChI is InChI=1S/C29H25N5O2/c1-36-23-16-9-8-15-22(23)27-31-29-25-24(20-11-4-2-5-12-20)26(21-13-6-3-7-14-21)33(17-10-18-35)28(25)30-19-34(29)32-27/h2-9,11-16,19,35H,10,17-18H2,1H3. The predicted octanol–water partition coefficient (Wildman–Crippen LogP) is 5.47. The van der Waals surface area contributed by atoms with Crippen LogP contribution in [0.1, 0.15) is 6.42 Å². The summed E-state index contributed by atoms with van der Waals surface area (Å²) in [4.78, 5) is 9.86. The molecule has 0 spiro atoms. The number of ether oxygens (including phenoxy) is 1. The van der Waals surface area contributed by atoms with Crippen LogP contribution in [0.2, 0.25) is 0 Å². The first-order valence-corrected chi connectivity index (χ1v) is 11.9. The fourth-order valence-electron chi connectivity index (χ4n) is 4.81. The number of nitrogens with zero attached hydrogens (tertiary/aromatic N) is 5. The summed E-state index contributed by atoms with van der Waals surface area (Å²) >= 11 is 0. The normalized spacial score (nSPS) is 11.4. The summed E-state index contributed by atoms with van der Waals surface area (Å²) < 4.78 is 9.50. The molecule has 0 aliphatic heterocycles. The van der Waals surface area contributed by atoms with Gasteiger partial charge in [-0.05, 0) is 29.7 Å². The summed E-state index contributed by atoms with van der Waals surface area (Å²) in [5.74, 6) is 1.29. The van der Waals surface area contributed by atoms with Gasteiger partial charge in [0.1, 0.15) is 17.7 Å². The minimum Gasteiger partial charge on any atom is -0.496 e. The molecule has 0 fully saturated rings. The first kappa shape index (κ1) is 22.0. The highest BCUT2D eigenvalue weighted by Crippen LogP contribution is 2.42. The van der Waals surface area contributed by atoms with Crippen molar-refractivity contribution in [2.75, 3.05) is 13.7 Å². The van der Waals surface area contributed by atoms with E-state index in [2.05, 4.69) is 28.8 Å². The summed E-state index contributed by atoms with van der Waals surface area (Å²) in [6.07, 6.45) is 2.33. The van der Waals surface area contributed by atoms with Gasteiger partial charge in [0.25, 0.3) is 0 Å². The molecule has 0 saturated carbocycles. The second kappa shape index (κ2) is 9.28. The number of benzene rings is 3. The number of aliphatic hydroxyl groups is 1. The van der Waals surface area contributed by atoms with Crippen molar-refractivity contribution in [2.45, 2.75) is 13.0 Å². The van der Waals surface area contributed by atoms with E-state index >= 15 is 0 Å². The lowest BCUT2D eigenvalue weighted by atomic mass is 9.99. The molecule has 3 aromatic carbocycles. The molecule has 178 valence electrons. The molecular weight excluding hydrogens is 450 g/mol. The molecule has 0 aliphatic rings. The lowest BCUT2D eigenvalue weighted by Gasteiger charge is -2.12. The van der Waals surface area contributed by atoms with E-state index in [0.29, 0.717) is 24.5 Å². The Bertz CT molecular complexity index is 1660. The number of aromatic nitrogens is 5. The fraction of sp³-hybridized carbons (Fsp3) is 0.138. The Morgan fingerprint density at radius 1 is 0.833 bits per heavy atom. The van der Waals surface area contributed by atoms with Gasteiger partial charge < -0.3 is 14.4 Å². The van der Waals surface area contributed by atoms with Crippen molar-refractivity contribution in [1.29, 1.82) is 0 Å². The van der Waals surface area contributed by atoms with Crippen molar-refractivity contribution in [2.24, 2.45) is 0 Å². The molecule has 7 heteroatoms. The average molecular weight is 476 g/mol. The number of aryl methyl sites for hydroxylation is 1. The molecule has 3 aromatic heterocycles. The van der Waals surface area contributed by atoms with Gasteiger partial charge in [0.05, 0.1) is 23.8 Å². The molecule has 36 heavy (non-hydrogen) atoms. The van der Waals surface area contributed by atoms with Gasteiger partial charge in [-0.2, -0.15) is 0 Å². The van der Waals surface area contributed by atoms with Crippen LogP contribution in [0.3, 0.4) is 0 Å². The number of rotatable bonds is 7. The largest absolute Gasteiger partial charge is 0.496 e. The lowest BCUT2D eigenvalue weighted by molar-refractivity contribution is 0.281. The number of para-hydroxylation sites is 1. The Labute approximate surface area is 208 Å². The monoisotopic (exact) mass is 475 g/mol. The van der Waals surface area contributed by atoms with Gasteiger partial charge in [-0.15, -0.1) is 5.10 Å². The van der Waals surface area contributed by atoms with Crippen LogP contribution in [0.5, 0.6) is 5.75 Å². The van der Waals surface area contributed by atoms with Gasteiger partial charge in [-0.25, -0.2) is 14.5 Å². The Morgan fingerprint density at radius 3 is 2.25 bits per heavy atom. The molecule has 0 unspecified atom stereocenters. The van der Waals surface area contributed by atoms with E-state index in [4.69, 9.17) is 19.8 Å². The van der Waals surface area contributed by atoms with Crippen molar-refractivity contribution in [3.05, 3.63) is 91.3 Å². The van der Waals surface area contributed by atoms with Crippen molar-refractivity contribution in [3.63, 3.8) is 0 Å². The predicted molar refractivity (Wildman–Crippen MR) is 141 cm³/mol. The van der Waals surface area contributed by atoms with Crippen LogP contribution in [0.25, 0.3) is 50.5 Å². The molecule has 0 atom stereocenters. The van der Waals surface area contributed by atoms with Gasteiger partial charge in [0.2, 0.25) is 0 Å². The summed E-state index contributed by atoms with van der Waals surface area (Å²) in [6, 6.07) is 28.4. The molecule has 6 rings (SSSR count). The first-order valence-electron chi connectivity index (χ1n) is 11.9. The minimum atomic E-state index is 0.0969. The van der Waals surface area contributed by atoms with Crippen LogP contribution in [0.4, 0.5) is 0 Å². The molecule has 7 nitrogen and oxygen atoms in total. The highest BCUT2D eigenvalue weighted by atomic mass is 16.5. The lowest BCUT2D eigenvalue weighted by Crippen LogP contribution is -2.04. The van der Waals surface area contributed by atoms with E-state index in [-0.39, 0.29) is 6.61 Å².